The summed E-state index contributed by atoms with van der Waals surface area (Å²) in [5.74, 6) is 1.08. The smallest absolute Gasteiger partial charge is 0.137 e. The van der Waals surface area contributed by atoms with Gasteiger partial charge in [0.05, 0.1) is 21.5 Å². The maximum absolute atomic E-state index is 10.8. The summed E-state index contributed by atoms with van der Waals surface area (Å²) in [6.07, 6.45) is 1.83. The van der Waals surface area contributed by atoms with Gasteiger partial charge in [-0.2, -0.15) is 0 Å². The van der Waals surface area contributed by atoms with Gasteiger partial charge in [0, 0.05) is 23.0 Å². The van der Waals surface area contributed by atoms with Gasteiger partial charge in [0.1, 0.15) is 16.6 Å². The van der Waals surface area contributed by atoms with E-state index in [4.69, 9.17) is 9.97 Å². The van der Waals surface area contributed by atoms with Gasteiger partial charge in [0.2, 0.25) is 0 Å². The number of rotatable bonds is 6. The van der Waals surface area contributed by atoms with Crippen molar-refractivity contribution in [3.63, 3.8) is 0 Å². The molecule has 0 saturated heterocycles. The fourth-order valence-corrected chi connectivity index (χ4v) is 6.71. The molecule has 0 aliphatic rings. The highest BCUT2D eigenvalue weighted by Crippen LogP contribution is 2.43. The molecule has 0 atom stereocenters. The summed E-state index contributed by atoms with van der Waals surface area (Å²) in [7, 11) is 0. The monoisotopic (exact) mass is 603 g/mol. The molecule has 2 heterocycles. The summed E-state index contributed by atoms with van der Waals surface area (Å²) < 4.78 is 1.07. The first-order chi connectivity index (χ1) is 21.9. The number of thiazole rings is 1. The third-order valence-electron chi connectivity index (χ3n) is 8.04. The van der Waals surface area contributed by atoms with E-state index in [-0.39, 0.29) is 11.2 Å². The molecule has 1 N–H and O–H groups in total. The summed E-state index contributed by atoms with van der Waals surface area (Å²) in [6, 6.07) is 45.6. The molecule has 0 aliphatic carbocycles. The van der Waals surface area contributed by atoms with Gasteiger partial charge in [-0.1, -0.05) is 106 Å². The molecule has 0 bridgehead atoms. The van der Waals surface area contributed by atoms with E-state index in [0.29, 0.717) is 0 Å². The highest BCUT2D eigenvalue weighted by Gasteiger charge is 2.21. The van der Waals surface area contributed by atoms with Crippen molar-refractivity contribution >= 4 is 38.7 Å². The molecule has 0 fully saturated rings. The van der Waals surface area contributed by atoms with Crippen molar-refractivity contribution < 1.29 is 5.11 Å². The van der Waals surface area contributed by atoms with E-state index in [1.165, 1.54) is 0 Å². The van der Waals surface area contributed by atoms with Crippen LogP contribution in [0, 0.1) is 0 Å². The number of nitrogens with zero attached hydrogens (tertiary/aromatic N) is 3. The van der Waals surface area contributed by atoms with Gasteiger partial charge in [-0.05, 0) is 70.6 Å². The zero-order valence-corrected chi connectivity index (χ0v) is 26.3. The van der Waals surface area contributed by atoms with Crippen LogP contribution in [0.2, 0.25) is 0 Å². The summed E-state index contributed by atoms with van der Waals surface area (Å²) in [4.78, 5) is 12.1. The molecule has 0 unspecified atom stereocenters. The summed E-state index contributed by atoms with van der Waals surface area (Å²) >= 11 is 1.60. The van der Waals surface area contributed by atoms with Gasteiger partial charge in [0.15, 0.2) is 0 Å². The lowest BCUT2D eigenvalue weighted by Crippen LogP contribution is -2.12. The van der Waals surface area contributed by atoms with E-state index < -0.39 is 0 Å². The predicted molar refractivity (Wildman–Crippen MR) is 189 cm³/mol. The molecule has 0 saturated carbocycles. The van der Waals surface area contributed by atoms with Crippen LogP contribution in [0.15, 0.2) is 140 Å². The lowest BCUT2D eigenvalue weighted by atomic mass is 9.86. The number of benzene rings is 5. The number of hydrogen-bond donors (Lipinski definition) is 1. The Morgan fingerprint density at radius 1 is 0.644 bits per heavy atom. The third-order valence-corrected chi connectivity index (χ3v) is 9.09. The molecule has 2 aromatic heterocycles. The van der Waals surface area contributed by atoms with Crippen LogP contribution < -0.4 is 4.90 Å². The van der Waals surface area contributed by atoms with Crippen molar-refractivity contribution in [1.29, 1.82) is 0 Å². The highest BCUT2D eigenvalue weighted by atomic mass is 32.1. The minimum atomic E-state index is -0.0383. The molecule has 4 nitrogen and oxygen atoms in total. The molecule has 0 aliphatic heterocycles. The lowest BCUT2D eigenvalue weighted by molar-refractivity contribution is 0.476. The Kier molecular flexibility index (Phi) is 7.40. The van der Waals surface area contributed by atoms with Gasteiger partial charge in [0.25, 0.3) is 0 Å². The Morgan fingerprint density at radius 2 is 1.38 bits per heavy atom. The van der Waals surface area contributed by atoms with Crippen LogP contribution >= 0.6 is 11.3 Å². The van der Waals surface area contributed by atoms with Gasteiger partial charge in [-0.15, -0.1) is 11.3 Å². The molecular weight excluding hydrogens is 571 g/mol. The summed E-state index contributed by atoms with van der Waals surface area (Å²) in [6.45, 7) is 6.54. The average molecular weight is 604 g/mol. The first-order valence-corrected chi connectivity index (χ1v) is 15.9. The normalized spacial score (nSPS) is 11.5. The standard InChI is InChI=1S/C40H33N3OS/c1-40(2,3)29-22-23-35(44)33(26-29)39-42-38-32(18-12-20-36(38)45-39)28-15-11-16-30(25-28)43(37-21-9-10-24-41-37)34-19-8-7-17-31(34)27-13-5-4-6-14-27/h4-26,44H,1-3H3. The Bertz CT molecular complexity index is 2110. The number of fused-ring (bicyclic) bond motifs is 1. The second-order valence-electron chi connectivity index (χ2n) is 12.1. The summed E-state index contributed by atoms with van der Waals surface area (Å²) in [5, 5.41) is 11.6. The first kappa shape index (κ1) is 28.5. The number of hydrogen-bond acceptors (Lipinski definition) is 5. The minimum Gasteiger partial charge on any atom is -0.507 e. The molecule has 0 spiro atoms. The van der Waals surface area contributed by atoms with Crippen molar-refractivity contribution in [2.45, 2.75) is 26.2 Å². The van der Waals surface area contributed by atoms with Crippen LogP contribution in [0.25, 0.3) is 43.0 Å². The van der Waals surface area contributed by atoms with E-state index in [1.54, 1.807) is 17.4 Å². The Morgan fingerprint density at radius 3 is 2.18 bits per heavy atom. The third kappa shape index (κ3) is 5.59. The average Bonchev–Trinajstić information content (AvgIpc) is 3.50. The van der Waals surface area contributed by atoms with Gasteiger partial charge in [-0.3, -0.25) is 4.90 Å². The molecule has 7 rings (SSSR count). The minimum absolute atomic E-state index is 0.0383. The van der Waals surface area contributed by atoms with E-state index in [2.05, 4.69) is 123 Å². The van der Waals surface area contributed by atoms with Crippen LogP contribution in [-0.2, 0) is 5.41 Å². The fraction of sp³-hybridized carbons (Fsp3) is 0.100. The van der Waals surface area contributed by atoms with Crippen LogP contribution in [0.1, 0.15) is 26.3 Å². The molecule has 0 amide bonds. The molecular formula is C40H33N3OS. The van der Waals surface area contributed by atoms with E-state index in [1.807, 2.05) is 36.5 Å². The first-order valence-electron chi connectivity index (χ1n) is 15.1. The molecule has 7 aromatic rings. The fourth-order valence-electron chi connectivity index (χ4n) is 5.69. The van der Waals surface area contributed by atoms with Crippen LogP contribution in [0.5, 0.6) is 5.75 Å². The van der Waals surface area contributed by atoms with E-state index in [9.17, 15) is 5.11 Å². The zero-order valence-electron chi connectivity index (χ0n) is 25.5. The predicted octanol–water partition coefficient (Wildman–Crippen LogP) is 11.2. The Balaban J connectivity index is 1.36. The largest absolute Gasteiger partial charge is 0.507 e. The van der Waals surface area contributed by atoms with Crippen LogP contribution in [0.3, 0.4) is 0 Å². The zero-order chi connectivity index (χ0) is 31.0. The van der Waals surface area contributed by atoms with Gasteiger partial charge >= 0.3 is 0 Å². The van der Waals surface area contributed by atoms with Crippen molar-refractivity contribution in [2.24, 2.45) is 0 Å². The van der Waals surface area contributed by atoms with Gasteiger partial charge in [-0.25, -0.2) is 9.97 Å². The molecule has 5 heteroatoms. The summed E-state index contributed by atoms with van der Waals surface area (Å²) in [5.41, 5.74) is 9.21. The van der Waals surface area contributed by atoms with Crippen molar-refractivity contribution in [1.82, 2.24) is 9.97 Å². The second-order valence-corrected chi connectivity index (χ2v) is 13.1. The number of phenolic OH excluding ortho intramolecular Hbond substituents is 1. The number of aromatic nitrogens is 2. The Labute approximate surface area is 267 Å². The number of aromatic hydroxyl groups is 1. The molecule has 45 heavy (non-hydrogen) atoms. The second kappa shape index (κ2) is 11.7. The van der Waals surface area contributed by atoms with Crippen molar-refractivity contribution in [3.8, 4) is 38.6 Å². The topological polar surface area (TPSA) is 49.3 Å². The maximum Gasteiger partial charge on any atom is 0.137 e. The number of anilines is 3. The lowest BCUT2D eigenvalue weighted by Gasteiger charge is -2.27. The van der Waals surface area contributed by atoms with Crippen molar-refractivity contribution in [3.05, 3.63) is 145 Å². The van der Waals surface area contributed by atoms with Crippen LogP contribution in [-0.4, -0.2) is 15.1 Å². The SMILES string of the molecule is CC(C)(C)c1ccc(O)c(-c2nc3c(-c4cccc(N(c5ccccn5)c5ccccc5-c5ccccc5)c4)cccc3s2)c1. The number of phenols is 1. The van der Waals surface area contributed by atoms with E-state index in [0.717, 1.165) is 65.8 Å². The highest BCUT2D eigenvalue weighted by molar-refractivity contribution is 7.21. The quantitative estimate of drug-likeness (QED) is 0.205. The molecule has 5 aromatic carbocycles. The number of para-hydroxylation sites is 2. The molecule has 220 valence electrons. The Hall–Kier alpha value is -5.26. The van der Waals surface area contributed by atoms with Crippen LogP contribution in [0.4, 0.5) is 17.2 Å². The molecule has 0 radical (unpaired) electrons. The number of pyridine rings is 1. The maximum atomic E-state index is 10.8. The van der Waals surface area contributed by atoms with E-state index >= 15 is 0 Å². The van der Waals surface area contributed by atoms with Gasteiger partial charge < -0.3 is 5.11 Å². The van der Waals surface area contributed by atoms with Crippen molar-refractivity contribution in [2.75, 3.05) is 4.90 Å².